The third kappa shape index (κ3) is 4.04. The molecule has 0 spiro atoms. The van der Waals surface area contributed by atoms with Crippen LogP contribution in [0.25, 0.3) is 11.1 Å². The molecule has 1 aliphatic heterocycles. The Bertz CT molecular complexity index is 841. The number of anilines is 1. The summed E-state index contributed by atoms with van der Waals surface area (Å²) in [6.45, 7) is 7.46. The number of alkyl halides is 1. The van der Waals surface area contributed by atoms with E-state index in [2.05, 4.69) is 15.4 Å². The lowest BCUT2D eigenvalue weighted by atomic mass is 10.0. The summed E-state index contributed by atoms with van der Waals surface area (Å²) < 4.78 is 24.6. The zero-order chi connectivity index (χ0) is 19.7. The van der Waals surface area contributed by atoms with Crippen molar-refractivity contribution >= 4 is 11.6 Å². The zero-order valence-electron chi connectivity index (χ0n) is 16.3. The predicted octanol–water partition coefficient (Wildman–Crippen LogP) is 3.73. The Balaban J connectivity index is 1.54. The first-order valence-electron chi connectivity index (χ1n) is 9.90. The standard InChI is InChI=1S/C21H26FN3O3/c1-13-20(14(2)28-24-13)17-11-15(23-21(26)16-12-18(16)22)5-6-19(17)27-10-9-25-7-3-4-8-25/h5-6,11,16,18H,3-4,7-10,12H2,1-2H3,(H,23,26)/t16-,18+/m1/s1. The van der Waals surface area contributed by atoms with E-state index in [9.17, 15) is 9.18 Å². The lowest BCUT2D eigenvalue weighted by molar-refractivity contribution is -0.117. The number of hydrogen-bond acceptors (Lipinski definition) is 5. The fourth-order valence-electron chi connectivity index (χ4n) is 3.76. The van der Waals surface area contributed by atoms with Crippen molar-refractivity contribution in [2.24, 2.45) is 5.92 Å². The minimum Gasteiger partial charge on any atom is -0.492 e. The van der Waals surface area contributed by atoms with Crippen molar-refractivity contribution in [1.29, 1.82) is 0 Å². The van der Waals surface area contributed by atoms with Gasteiger partial charge in [0.05, 0.1) is 17.2 Å². The minimum atomic E-state index is -1.02. The zero-order valence-corrected chi connectivity index (χ0v) is 16.3. The van der Waals surface area contributed by atoms with Gasteiger partial charge in [-0.2, -0.15) is 0 Å². The van der Waals surface area contributed by atoms with E-state index in [1.165, 1.54) is 12.8 Å². The first-order chi connectivity index (χ1) is 13.5. The molecular weight excluding hydrogens is 361 g/mol. The van der Waals surface area contributed by atoms with Crippen LogP contribution in [0.3, 0.4) is 0 Å². The Morgan fingerprint density at radius 2 is 2.11 bits per heavy atom. The molecule has 0 radical (unpaired) electrons. The number of benzene rings is 1. The van der Waals surface area contributed by atoms with Crippen molar-refractivity contribution < 1.29 is 18.4 Å². The Kier molecular flexibility index (Phi) is 5.35. The highest BCUT2D eigenvalue weighted by atomic mass is 19.1. The molecule has 6 nitrogen and oxygen atoms in total. The monoisotopic (exact) mass is 387 g/mol. The fraction of sp³-hybridized carbons (Fsp3) is 0.524. The SMILES string of the molecule is Cc1noc(C)c1-c1cc(NC(=O)[C@@H]2C[C@@H]2F)ccc1OCCN1CCCC1. The highest BCUT2D eigenvalue weighted by Crippen LogP contribution is 2.38. The number of ether oxygens (including phenoxy) is 1. The van der Waals surface area contributed by atoms with Crippen molar-refractivity contribution in [1.82, 2.24) is 10.1 Å². The van der Waals surface area contributed by atoms with Gasteiger partial charge in [0.25, 0.3) is 0 Å². The van der Waals surface area contributed by atoms with Crippen molar-refractivity contribution in [2.45, 2.75) is 39.3 Å². The molecule has 150 valence electrons. The topological polar surface area (TPSA) is 67.6 Å². The van der Waals surface area contributed by atoms with Crippen LogP contribution in [0.2, 0.25) is 0 Å². The van der Waals surface area contributed by atoms with Crippen molar-refractivity contribution in [2.75, 3.05) is 31.6 Å². The van der Waals surface area contributed by atoms with E-state index >= 15 is 0 Å². The van der Waals surface area contributed by atoms with E-state index in [0.29, 0.717) is 24.5 Å². The van der Waals surface area contributed by atoms with E-state index in [4.69, 9.17) is 9.26 Å². The van der Waals surface area contributed by atoms with Gasteiger partial charge in [0.1, 0.15) is 24.3 Å². The van der Waals surface area contributed by atoms with E-state index in [1.807, 2.05) is 26.0 Å². The number of amides is 1. The second-order valence-electron chi connectivity index (χ2n) is 7.65. The maximum atomic E-state index is 13.2. The minimum absolute atomic E-state index is 0.278. The van der Waals surface area contributed by atoms with E-state index in [1.54, 1.807) is 6.07 Å². The van der Waals surface area contributed by atoms with Crippen molar-refractivity contribution in [3.05, 3.63) is 29.7 Å². The van der Waals surface area contributed by atoms with Gasteiger partial charge in [-0.1, -0.05) is 5.16 Å². The molecule has 7 heteroatoms. The first kappa shape index (κ1) is 18.9. The molecule has 1 aromatic carbocycles. The average Bonchev–Trinajstić information content (AvgIpc) is 3.03. The normalized spacial score (nSPS) is 21.7. The molecule has 28 heavy (non-hydrogen) atoms. The molecule has 2 heterocycles. The second-order valence-corrected chi connectivity index (χ2v) is 7.65. The van der Waals surface area contributed by atoms with Crippen LogP contribution in [0.5, 0.6) is 5.75 Å². The van der Waals surface area contributed by atoms with Crippen LogP contribution in [-0.4, -0.2) is 48.4 Å². The molecule has 1 saturated heterocycles. The van der Waals surface area contributed by atoms with Crippen LogP contribution >= 0.6 is 0 Å². The van der Waals surface area contributed by atoms with Crippen LogP contribution in [0.15, 0.2) is 22.7 Å². The molecule has 2 aliphatic rings. The van der Waals surface area contributed by atoms with Crippen LogP contribution in [0, 0.1) is 19.8 Å². The summed E-state index contributed by atoms with van der Waals surface area (Å²) in [5.74, 6) is 0.608. The molecule has 1 saturated carbocycles. The number of likely N-dealkylation sites (tertiary alicyclic amines) is 1. The van der Waals surface area contributed by atoms with E-state index in [0.717, 1.165) is 42.2 Å². The molecule has 2 fully saturated rings. The molecule has 1 amide bonds. The maximum Gasteiger partial charge on any atom is 0.230 e. The molecule has 1 aromatic heterocycles. The van der Waals surface area contributed by atoms with Gasteiger partial charge < -0.3 is 14.6 Å². The number of rotatable bonds is 7. The highest BCUT2D eigenvalue weighted by molar-refractivity contribution is 5.95. The number of carbonyl (C=O) groups excluding carboxylic acids is 1. The third-order valence-corrected chi connectivity index (χ3v) is 5.46. The summed E-state index contributed by atoms with van der Waals surface area (Å²) in [5, 5.41) is 6.85. The van der Waals surface area contributed by atoms with Gasteiger partial charge in [0.2, 0.25) is 5.91 Å². The van der Waals surface area contributed by atoms with Crippen LogP contribution in [0.4, 0.5) is 10.1 Å². The molecular formula is C21H26FN3O3. The molecule has 0 unspecified atom stereocenters. The number of nitrogens with zero attached hydrogens (tertiary/aromatic N) is 2. The molecule has 2 aromatic rings. The van der Waals surface area contributed by atoms with Gasteiger partial charge >= 0.3 is 0 Å². The Hall–Kier alpha value is -2.41. The quantitative estimate of drug-likeness (QED) is 0.784. The molecule has 1 N–H and O–H groups in total. The Labute approximate surface area is 164 Å². The van der Waals surface area contributed by atoms with Crippen LogP contribution in [-0.2, 0) is 4.79 Å². The number of halogens is 1. The van der Waals surface area contributed by atoms with Gasteiger partial charge in [-0.3, -0.25) is 9.69 Å². The number of nitrogens with one attached hydrogen (secondary N) is 1. The van der Waals surface area contributed by atoms with Crippen LogP contribution in [0.1, 0.15) is 30.7 Å². The number of aryl methyl sites for hydroxylation is 2. The summed E-state index contributed by atoms with van der Waals surface area (Å²) in [6, 6.07) is 5.49. The molecule has 4 rings (SSSR count). The Morgan fingerprint density at radius 1 is 1.36 bits per heavy atom. The lowest BCUT2D eigenvalue weighted by Crippen LogP contribution is -2.25. The summed E-state index contributed by atoms with van der Waals surface area (Å²) >= 11 is 0. The molecule has 2 atom stereocenters. The van der Waals surface area contributed by atoms with E-state index < -0.39 is 12.1 Å². The van der Waals surface area contributed by atoms with Crippen molar-refractivity contribution in [3.63, 3.8) is 0 Å². The number of hydrogen-bond donors (Lipinski definition) is 1. The van der Waals surface area contributed by atoms with Gasteiger partial charge in [-0.15, -0.1) is 0 Å². The maximum absolute atomic E-state index is 13.2. The fourth-order valence-corrected chi connectivity index (χ4v) is 3.76. The summed E-state index contributed by atoms with van der Waals surface area (Å²) in [6.07, 6.45) is 1.79. The average molecular weight is 387 g/mol. The van der Waals surface area contributed by atoms with E-state index in [-0.39, 0.29) is 5.91 Å². The van der Waals surface area contributed by atoms with Crippen LogP contribution < -0.4 is 10.1 Å². The summed E-state index contributed by atoms with van der Waals surface area (Å²) in [5.41, 5.74) is 3.06. The predicted molar refractivity (Wildman–Crippen MR) is 104 cm³/mol. The number of aromatic nitrogens is 1. The van der Waals surface area contributed by atoms with Crippen molar-refractivity contribution in [3.8, 4) is 16.9 Å². The Morgan fingerprint density at radius 3 is 2.75 bits per heavy atom. The molecule has 0 bridgehead atoms. The number of carbonyl (C=O) groups is 1. The second kappa shape index (κ2) is 7.91. The first-order valence-corrected chi connectivity index (χ1v) is 9.90. The van der Waals surface area contributed by atoms with Gasteiger partial charge in [0, 0.05) is 17.8 Å². The lowest BCUT2D eigenvalue weighted by Gasteiger charge is -2.17. The van der Waals surface area contributed by atoms with Gasteiger partial charge in [-0.05, 0) is 64.4 Å². The van der Waals surface area contributed by atoms with Gasteiger partial charge in [0.15, 0.2) is 0 Å². The molecule has 1 aliphatic carbocycles. The smallest absolute Gasteiger partial charge is 0.230 e. The summed E-state index contributed by atoms with van der Waals surface area (Å²) in [4.78, 5) is 14.5. The third-order valence-electron chi connectivity index (χ3n) is 5.46. The summed E-state index contributed by atoms with van der Waals surface area (Å²) in [7, 11) is 0. The largest absolute Gasteiger partial charge is 0.492 e. The van der Waals surface area contributed by atoms with Gasteiger partial charge in [-0.25, -0.2) is 4.39 Å². The highest BCUT2D eigenvalue weighted by Gasteiger charge is 2.43.